The summed E-state index contributed by atoms with van der Waals surface area (Å²) in [5.74, 6) is -0.935. The average Bonchev–Trinajstić information content (AvgIpc) is 1.90. The second-order valence-electron chi connectivity index (χ2n) is 1.79. The Morgan fingerprint density at radius 3 is 1.91 bits per heavy atom. The maximum absolute atomic E-state index is 10.3. The molecule has 11 heavy (non-hydrogen) atoms. The third kappa shape index (κ3) is 4.71. The number of carboxylic acids is 1. The zero-order chi connectivity index (χ0) is 8.15. The summed E-state index contributed by atoms with van der Waals surface area (Å²) in [6, 6.07) is 0. The van der Waals surface area contributed by atoms with Crippen molar-refractivity contribution >= 4 is 5.97 Å². The van der Waals surface area contributed by atoms with Gasteiger partial charge in [0.15, 0.2) is 0 Å². The molecule has 0 radical (unpaired) electrons. The van der Waals surface area contributed by atoms with Crippen LogP contribution >= 0.6 is 0 Å². The molecule has 2 nitrogen and oxygen atoms in total. The van der Waals surface area contributed by atoms with Gasteiger partial charge >= 0.3 is 57.4 Å². The van der Waals surface area contributed by atoms with Gasteiger partial charge in [-0.1, -0.05) is 25.3 Å². The van der Waals surface area contributed by atoms with E-state index in [9.17, 15) is 4.79 Å². The van der Waals surface area contributed by atoms with Gasteiger partial charge in [0.2, 0.25) is 0 Å². The summed E-state index contributed by atoms with van der Waals surface area (Å²) in [5.41, 5.74) is 0.831. The molecular weight excluding hydrogens is 167 g/mol. The molecule has 0 fully saturated rings. The van der Waals surface area contributed by atoms with E-state index in [0.717, 1.165) is 0 Å². The molecule has 0 spiro atoms. The second-order valence-corrected chi connectivity index (χ2v) is 1.79. The Morgan fingerprint density at radius 2 is 1.82 bits per heavy atom. The van der Waals surface area contributed by atoms with Gasteiger partial charge in [0, 0.05) is 5.57 Å². The van der Waals surface area contributed by atoms with E-state index in [1.807, 2.05) is 0 Å². The maximum Gasteiger partial charge on any atom is 1.00 e. The van der Waals surface area contributed by atoms with Crippen LogP contribution in [0.15, 0.2) is 36.5 Å². The van der Waals surface area contributed by atoms with E-state index < -0.39 is 5.97 Å². The molecule has 56 valence electrons. The van der Waals surface area contributed by atoms with Crippen LogP contribution in [0.1, 0.15) is 8.35 Å². The number of rotatable bonds is 3. The fourth-order valence-corrected chi connectivity index (χ4v) is 0.513. The summed E-state index contributed by atoms with van der Waals surface area (Å²) in [6.45, 7) is 8.40. The quantitative estimate of drug-likeness (QED) is 0.337. The van der Waals surface area contributed by atoms with Gasteiger partial charge in [0.1, 0.15) is 0 Å². The first-order chi connectivity index (χ1) is 4.63. The van der Waals surface area contributed by atoms with Gasteiger partial charge in [-0.25, -0.2) is 4.79 Å². The first-order valence-corrected chi connectivity index (χ1v) is 2.82. The summed E-state index contributed by atoms with van der Waals surface area (Å²) >= 11 is 0. The molecular formula is C8H11KO2. The van der Waals surface area contributed by atoms with Crippen LogP contribution in [0.2, 0.25) is 0 Å². The Hall–Kier alpha value is 0.326. The van der Waals surface area contributed by atoms with E-state index in [1.54, 1.807) is 0 Å². The van der Waals surface area contributed by atoms with Crippen molar-refractivity contribution in [2.24, 2.45) is 0 Å². The smallest absolute Gasteiger partial charge is 1.00 e. The standard InChI is InChI=1S/C8H10O2.K.H/c1-4-7(5-2)6(3)8(9)10;;/h4-5H,1-2H2,3H3,(H,9,10);;/q;+1;-1. The largest absolute Gasteiger partial charge is 1.00 e. The van der Waals surface area contributed by atoms with E-state index in [1.165, 1.54) is 19.1 Å². The Labute approximate surface area is 111 Å². The van der Waals surface area contributed by atoms with Crippen LogP contribution < -0.4 is 51.4 Å². The van der Waals surface area contributed by atoms with Crippen molar-refractivity contribution in [1.82, 2.24) is 0 Å². The van der Waals surface area contributed by atoms with E-state index in [0.29, 0.717) is 5.57 Å². The van der Waals surface area contributed by atoms with Gasteiger partial charge in [-0.3, -0.25) is 0 Å². The number of allylic oxidation sites excluding steroid dienone is 3. The topological polar surface area (TPSA) is 37.3 Å². The Morgan fingerprint density at radius 1 is 1.45 bits per heavy atom. The van der Waals surface area contributed by atoms with E-state index in [4.69, 9.17) is 5.11 Å². The van der Waals surface area contributed by atoms with Crippen molar-refractivity contribution < 1.29 is 62.7 Å². The van der Waals surface area contributed by atoms with E-state index in [2.05, 4.69) is 13.2 Å². The first-order valence-electron chi connectivity index (χ1n) is 2.82. The summed E-state index contributed by atoms with van der Waals surface area (Å²) < 4.78 is 0. The van der Waals surface area contributed by atoms with Crippen LogP contribution in [0.5, 0.6) is 0 Å². The molecule has 0 aliphatic rings. The molecule has 0 saturated carbocycles. The SMILES string of the molecule is C=CC(C=C)=C(C)C(=O)O.[H-].[K+]. The van der Waals surface area contributed by atoms with Gasteiger partial charge in [-0.05, 0) is 12.5 Å². The number of carbonyl (C=O) groups is 1. The molecule has 0 aromatic carbocycles. The van der Waals surface area contributed by atoms with Crippen molar-refractivity contribution in [2.75, 3.05) is 0 Å². The number of hydrogen-bond donors (Lipinski definition) is 1. The Bertz CT molecular complexity index is 199. The van der Waals surface area contributed by atoms with Crippen molar-refractivity contribution in [2.45, 2.75) is 6.92 Å². The number of carboxylic acid groups (broad SMARTS) is 1. The van der Waals surface area contributed by atoms with Gasteiger partial charge < -0.3 is 6.53 Å². The minimum Gasteiger partial charge on any atom is -1.00 e. The summed E-state index contributed by atoms with van der Waals surface area (Å²) in [5, 5.41) is 8.46. The summed E-state index contributed by atoms with van der Waals surface area (Å²) in [4.78, 5) is 10.3. The van der Waals surface area contributed by atoms with E-state index in [-0.39, 0.29) is 58.4 Å². The molecule has 0 saturated heterocycles. The third-order valence-electron chi connectivity index (χ3n) is 1.19. The molecule has 0 unspecified atom stereocenters. The second kappa shape index (κ2) is 7.00. The third-order valence-corrected chi connectivity index (χ3v) is 1.19. The van der Waals surface area contributed by atoms with Crippen LogP contribution in [-0.2, 0) is 4.79 Å². The predicted octanol–water partition coefficient (Wildman–Crippen LogP) is -1.12. The molecule has 0 aromatic heterocycles. The number of hydrogen-bond acceptors (Lipinski definition) is 1. The minimum absolute atomic E-state index is 0. The van der Waals surface area contributed by atoms with Crippen LogP contribution in [0.4, 0.5) is 0 Å². The van der Waals surface area contributed by atoms with Gasteiger partial charge in [-0.2, -0.15) is 0 Å². The Kier molecular flexibility index (Phi) is 8.84. The van der Waals surface area contributed by atoms with Crippen molar-refractivity contribution in [3.05, 3.63) is 36.5 Å². The van der Waals surface area contributed by atoms with Gasteiger partial charge in [-0.15, -0.1) is 0 Å². The molecule has 0 aliphatic carbocycles. The molecule has 0 aliphatic heterocycles. The maximum atomic E-state index is 10.3. The van der Waals surface area contributed by atoms with Crippen molar-refractivity contribution in [3.63, 3.8) is 0 Å². The zero-order valence-corrected chi connectivity index (χ0v) is 10.0. The molecule has 0 bridgehead atoms. The van der Waals surface area contributed by atoms with Crippen LogP contribution in [0, 0.1) is 0 Å². The van der Waals surface area contributed by atoms with Crippen molar-refractivity contribution in [3.8, 4) is 0 Å². The normalized spacial score (nSPS) is 7.36. The van der Waals surface area contributed by atoms with Crippen LogP contribution in [0.25, 0.3) is 0 Å². The minimum atomic E-state index is -0.935. The molecule has 0 rings (SSSR count). The van der Waals surface area contributed by atoms with Crippen molar-refractivity contribution in [1.29, 1.82) is 0 Å². The fraction of sp³-hybridized carbons (Fsp3) is 0.125. The van der Waals surface area contributed by atoms with Gasteiger partial charge in [0.25, 0.3) is 0 Å². The summed E-state index contributed by atoms with van der Waals surface area (Å²) in [6.07, 6.45) is 2.94. The first kappa shape index (κ1) is 13.9. The molecule has 0 atom stereocenters. The predicted molar refractivity (Wildman–Crippen MR) is 41.8 cm³/mol. The molecule has 0 aromatic rings. The zero-order valence-electron chi connectivity index (χ0n) is 7.92. The van der Waals surface area contributed by atoms with Crippen LogP contribution in [0.3, 0.4) is 0 Å². The molecule has 3 heteroatoms. The summed E-state index contributed by atoms with van der Waals surface area (Å²) in [7, 11) is 0. The fourth-order valence-electron chi connectivity index (χ4n) is 0.513. The van der Waals surface area contributed by atoms with Gasteiger partial charge in [0.05, 0.1) is 0 Å². The number of aliphatic carboxylic acids is 1. The Balaban J connectivity index is -0.000000405. The monoisotopic (exact) mass is 178 g/mol. The molecule has 0 heterocycles. The van der Waals surface area contributed by atoms with E-state index >= 15 is 0 Å². The average molecular weight is 178 g/mol. The molecule has 1 N–H and O–H groups in total. The molecule has 0 amide bonds. The van der Waals surface area contributed by atoms with Crippen LogP contribution in [-0.4, -0.2) is 11.1 Å².